The molecule has 0 aromatic rings. The number of unbranched alkanes of at least 4 members (excludes halogenated alkanes) is 1. The second-order valence-corrected chi connectivity index (χ2v) is 8.23. The molecule has 0 amide bonds. The Morgan fingerprint density at radius 2 is 1.26 bits per heavy atom. The Bertz CT molecular complexity index is 295. The van der Waals surface area contributed by atoms with Crippen molar-refractivity contribution in [1.82, 2.24) is 0 Å². The van der Waals surface area contributed by atoms with Crippen LogP contribution in [0.25, 0.3) is 0 Å². The molecule has 2 saturated carbocycles. The van der Waals surface area contributed by atoms with Crippen LogP contribution in [-0.2, 0) is 4.74 Å². The Morgan fingerprint density at radius 1 is 0.783 bits per heavy atom. The fourth-order valence-corrected chi connectivity index (χ4v) is 4.80. The van der Waals surface area contributed by atoms with E-state index in [1.54, 1.807) is 0 Å². The average molecular weight is 321 g/mol. The second-order valence-electron chi connectivity index (χ2n) is 8.23. The highest BCUT2D eigenvalue weighted by molar-refractivity contribution is 4.77. The number of hydrogen-bond acceptors (Lipinski definition) is 1. The van der Waals surface area contributed by atoms with Gasteiger partial charge in [0.25, 0.3) is 0 Å². The molecule has 1 heteroatoms. The second kappa shape index (κ2) is 11.3. The summed E-state index contributed by atoms with van der Waals surface area (Å²) in [5.41, 5.74) is 0. The standard InChI is InChI=1S/C22H40O/c1-3-5-6-7-19-8-10-20(11-9-19)12-13-21-14-16-22(17-15-21)18-23-4-2/h3,19-22H,1,4-18H2,2H3. The van der Waals surface area contributed by atoms with Gasteiger partial charge in [-0.3, -0.25) is 0 Å². The van der Waals surface area contributed by atoms with E-state index in [4.69, 9.17) is 4.74 Å². The third-order valence-electron chi connectivity index (χ3n) is 6.49. The summed E-state index contributed by atoms with van der Waals surface area (Å²) in [6.45, 7) is 7.85. The molecule has 2 aliphatic carbocycles. The number of allylic oxidation sites excluding steroid dienone is 1. The zero-order chi connectivity index (χ0) is 16.3. The molecule has 0 bridgehead atoms. The molecule has 134 valence electrons. The Morgan fingerprint density at radius 3 is 1.74 bits per heavy atom. The van der Waals surface area contributed by atoms with Crippen LogP contribution in [0.2, 0.25) is 0 Å². The lowest BCUT2D eigenvalue weighted by molar-refractivity contribution is 0.0842. The number of hydrogen-bond donors (Lipinski definition) is 0. The lowest BCUT2D eigenvalue weighted by atomic mass is 9.75. The summed E-state index contributed by atoms with van der Waals surface area (Å²) >= 11 is 0. The van der Waals surface area contributed by atoms with E-state index in [0.717, 1.165) is 36.9 Å². The molecule has 1 nitrogen and oxygen atoms in total. The largest absolute Gasteiger partial charge is 0.381 e. The highest BCUT2D eigenvalue weighted by Gasteiger charge is 2.24. The maximum atomic E-state index is 5.60. The predicted molar refractivity (Wildman–Crippen MR) is 101 cm³/mol. The van der Waals surface area contributed by atoms with Crippen LogP contribution in [0.3, 0.4) is 0 Å². The van der Waals surface area contributed by atoms with Gasteiger partial charge in [-0.15, -0.1) is 6.58 Å². The molecular weight excluding hydrogens is 280 g/mol. The Kier molecular flexibility index (Phi) is 9.34. The molecular formula is C22H40O. The van der Waals surface area contributed by atoms with Crippen molar-refractivity contribution >= 4 is 0 Å². The molecule has 2 fully saturated rings. The van der Waals surface area contributed by atoms with Crippen molar-refractivity contribution in [3.63, 3.8) is 0 Å². The van der Waals surface area contributed by atoms with Crippen molar-refractivity contribution < 1.29 is 4.74 Å². The number of ether oxygens (including phenoxy) is 1. The van der Waals surface area contributed by atoms with Crippen LogP contribution in [0, 0.1) is 23.7 Å². The molecule has 0 radical (unpaired) electrons. The normalized spacial score (nSPS) is 31.9. The maximum absolute atomic E-state index is 5.60. The van der Waals surface area contributed by atoms with Crippen molar-refractivity contribution in [1.29, 1.82) is 0 Å². The first-order chi connectivity index (χ1) is 11.3. The minimum Gasteiger partial charge on any atom is -0.381 e. The molecule has 23 heavy (non-hydrogen) atoms. The fourth-order valence-electron chi connectivity index (χ4n) is 4.80. The van der Waals surface area contributed by atoms with Crippen molar-refractivity contribution in [3.05, 3.63) is 12.7 Å². The lowest BCUT2D eigenvalue weighted by Crippen LogP contribution is -2.20. The Labute approximate surface area is 145 Å². The van der Waals surface area contributed by atoms with Crippen molar-refractivity contribution in [3.8, 4) is 0 Å². The zero-order valence-corrected chi connectivity index (χ0v) is 15.6. The monoisotopic (exact) mass is 320 g/mol. The number of rotatable bonds is 10. The van der Waals surface area contributed by atoms with Gasteiger partial charge < -0.3 is 4.74 Å². The van der Waals surface area contributed by atoms with Crippen LogP contribution in [0.5, 0.6) is 0 Å². The lowest BCUT2D eigenvalue weighted by Gasteiger charge is -2.32. The van der Waals surface area contributed by atoms with Gasteiger partial charge in [-0.2, -0.15) is 0 Å². The maximum Gasteiger partial charge on any atom is 0.0494 e. The van der Waals surface area contributed by atoms with Crippen molar-refractivity contribution in [2.45, 2.75) is 90.4 Å². The zero-order valence-electron chi connectivity index (χ0n) is 15.6. The molecule has 0 N–H and O–H groups in total. The van der Waals surface area contributed by atoms with Crippen LogP contribution in [0.1, 0.15) is 90.4 Å². The Balaban J connectivity index is 1.51. The van der Waals surface area contributed by atoms with Gasteiger partial charge in [0.15, 0.2) is 0 Å². The summed E-state index contributed by atoms with van der Waals surface area (Å²) in [7, 11) is 0. The quantitative estimate of drug-likeness (QED) is 0.319. The molecule has 2 rings (SSSR count). The van der Waals surface area contributed by atoms with E-state index in [1.807, 2.05) is 0 Å². The molecule has 0 heterocycles. The molecule has 2 aliphatic rings. The van der Waals surface area contributed by atoms with Gasteiger partial charge in [0.05, 0.1) is 0 Å². The summed E-state index contributed by atoms with van der Waals surface area (Å²) in [6.07, 6.45) is 20.9. The first kappa shape index (κ1) is 19.0. The van der Waals surface area contributed by atoms with Gasteiger partial charge in [0, 0.05) is 13.2 Å². The molecule has 0 aliphatic heterocycles. The van der Waals surface area contributed by atoms with Crippen molar-refractivity contribution in [2.24, 2.45) is 23.7 Å². The fraction of sp³-hybridized carbons (Fsp3) is 0.909. The van der Waals surface area contributed by atoms with Gasteiger partial charge in [0.1, 0.15) is 0 Å². The molecule has 0 atom stereocenters. The Hall–Kier alpha value is -0.300. The van der Waals surface area contributed by atoms with E-state index >= 15 is 0 Å². The van der Waals surface area contributed by atoms with E-state index in [0.29, 0.717) is 0 Å². The summed E-state index contributed by atoms with van der Waals surface area (Å²) in [5, 5.41) is 0. The minimum absolute atomic E-state index is 0.859. The van der Waals surface area contributed by atoms with Crippen LogP contribution in [0.15, 0.2) is 12.7 Å². The van der Waals surface area contributed by atoms with E-state index in [1.165, 1.54) is 83.5 Å². The predicted octanol–water partition coefficient (Wildman–Crippen LogP) is 6.77. The summed E-state index contributed by atoms with van der Waals surface area (Å²) in [4.78, 5) is 0. The van der Waals surface area contributed by atoms with Crippen LogP contribution in [-0.4, -0.2) is 13.2 Å². The third kappa shape index (κ3) is 7.42. The van der Waals surface area contributed by atoms with Crippen LogP contribution >= 0.6 is 0 Å². The first-order valence-electron chi connectivity index (χ1n) is 10.5. The summed E-state index contributed by atoms with van der Waals surface area (Å²) < 4.78 is 5.60. The van der Waals surface area contributed by atoms with Gasteiger partial charge in [-0.05, 0) is 56.3 Å². The summed E-state index contributed by atoms with van der Waals surface area (Å²) in [5.74, 6) is 3.96. The SMILES string of the molecule is C=CCCCC1CCC(CCC2CCC(COCC)CC2)CC1. The highest BCUT2D eigenvalue weighted by Crippen LogP contribution is 2.37. The molecule has 0 saturated heterocycles. The topological polar surface area (TPSA) is 9.23 Å². The molecule has 0 unspecified atom stereocenters. The average Bonchev–Trinajstić information content (AvgIpc) is 2.60. The minimum atomic E-state index is 0.859. The third-order valence-corrected chi connectivity index (χ3v) is 6.49. The van der Waals surface area contributed by atoms with E-state index in [9.17, 15) is 0 Å². The molecule has 0 aromatic carbocycles. The smallest absolute Gasteiger partial charge is 0.0494 e. The van der Waals surface area contributed by atoms with Crippen LogP contribution in [0.4, 0.5) is 0 Å². The van der Waals surface area contributed by atoms with Gasteiger partial charge >= 0.3 is 0 Å². The van der Waals surface area contributed by atoms with Gasteiger partial charge in [-0.25, -0.2) is 0 Å². The highest BCUT2D eigenvalue weighted by atomic mass is 16.5. The van der Waals surface area contributed by atoms with E-state index in [2.05, 4.69) is 19.6 Å². The molecule has 0 spiro atoms. The molecule has 0 aromatic heterocycles. The van der Waals surface area contributed by atoms with Crippen LogP contribution < -0.4 is 0 Å². The first-order valence-corrected chi connectivity index (χ1v) is 10.5. The van der Waals surface area contributed by atoms with Crippen molar-refractivity contribution in [2.75, 3.05) is 13.2 Å². The van der Waals surface area contributed by atoms with Gasteiger partial charge in [-0.1, -0.05) is 63.9 Å². The summed E-state index contributed by atoms with van der Waals surface area (Å²) in [6, 6.07) is 0. The van der Waals surface area contributed by atoms with E-state index < -0.39 is 0 Å². The van der Waals surface area contributed by atoms with Gasteiger partial charge in [0.2, 0.25) is 0 Å². The van der Waals surface area contributed by atoms with E-state index in [-0.39, 0.29) is 0 Å².